The molecule has 1 aromatic rings. The lowest BCUT2D eigenvalue weighted by molar-refractivity contribution is 0.318. The van der Waals surface area contributed by atoms with Crippen LogP contribution in [-0.4, -0.2) is 25.0 Å². The first-order valence-electron chi connectivity index (χ1n) is 8.09. The zero-order valence-electron chi connectivity index (χ0n) is 13.8. The van der Waals surface area contributed by atoms with E-state index in [0.717, 1.165) is 19.6 Å². The Balaban J connectivity index is 2.38. The zero-order valence-corrected chi connectivity index (χ0v) is 13.8. The molecule has 0 saturated heterocycles. The molecule has 0 atom stereocenters. The van der Waals surface area contributed by atoms with E-state index in [1.165, 1.54) is 36.9 Å². The summed E-state index contributed by atoms with van der Waals surface area (Å²) in [6, 6.07) is 8.97. The molecule has 0 fully saturated rings. The van der Waals surface area contributed by atoms with Gasteiger partial charge >= 0.3 is 0 Å². The summed E-state index contributed by atoms with van der Waals surface area (Å²) in [4.78, 5) is 2.43. The Morgan fingerprint density at radius 3 is 2.60 bits per heavy atom. The van der Waals surface area contributed by atoms with Crippen LogP contribution in [0.4, 0.5) is 0 Å². The molecule has 0 aromatic heterocycles. The van der Waals surface area contributed by atoms with Crippen LogP contribution in [0.1, 0.15) is 51.2 Å². The molecule has 0 heterocycles. The zero-order chi connectivity index (χ0) is 14.8. The van der Waals surface area contributed by atoms with Gasteiger partial charge in [-0.05, 0) is 43.6 Å². The van der Waals surface area contributed by atoms with Gasteiger partial charge in [0, 0.05) is 13.1 Å². The number of hydrogen-bond donors (Lipinski definition) is 1. The Morgan fingerprint density at radius 1 is 1.15 bits per heavy atom. The van der Waals surface area contributed by atoms with Crippen molar-refractivity contribution in [1.29, 1.82) is 0 Å². The fourth-order valence-corrected chi connectivity index (χ4v) is 2.37. The van der Waals surface area contributed by atoms with Crippen LogP contribution in [-0.2, 0) is 13.1 Å². The standard InChI is InChI=1S/C18H32N2/c1-5-6-7-11-20(4)15-18-10-8-9-17(12-18)14-19-13-16(2)3/h8-10,12,16,19H,5-7,11,13-15H2,1-4H3. The van der Waals surface area contributed by atoms with Gasteiger partial charge in [0.1, 0.15) is 0 Å². The van der Waals surface area contributed by atoms with Gasteiger partial charge in [-0.15, -0.1) is 0 Å². The van der Waals surface area contributed by atoms with E-state index in [2.05, 4.69) is 62.3 Å². The second kappa shape index (κ2) is 9.95. The maximum atomic E-state index is 3.51. The summed E-state index contributed by atoms with van der Waals surface area (Å²) in [6.45, 7) is 11.1. The van der Waals surface area contributed by atoms with Gasteiger partial charge in [0.15, 0.2) is 0 Å². The monoisotopic (exact) mass is 276 g/mol. The molecule has 0 unspecified atom stereocenters. The number of unbranched alkanes of at least 4 members (excludes halogenated alkanes) is 2. The van der Waals surface area contributed by atoms with E-state index in [1.807, 2.05) is 0 Å². The third-order valence-electron chi connectivity index (χ3n) is 3.47. The predicted octanol–water partition coefficient (Wildman–Crippen LogP) is 4.05. The topological polar surface area (TPSA) is 15.3 Å². The van der Waals surface area contributed by atoms with Crippen LogP contribution in [0.15, 0.2) is 24.3 Å². The summed E-state index contributed by atoms with van der Waals surface area (Å²) in [5.41, 5.74) is 2.82. The third kappa shape index (κ3) is 7.66. The lowest BCUT2D eigenvalue weighted by Gasteiger charge is -2.17. The minimum absolute atomic E-state index is 0.711. The van der Waals surface area contributed by atoms with Crippen molar-refractivity contribution in [3.05, 3.63) is 35.4 Å². The van der Waals surface area contributed by atoms with Crippen molar-refractivity contribution >= 4 is 0 Å². The highest BCUT2D eigenvalue weighted by Gasteiger charge is 2.02. The van der Waals surface area contributed by atoms with Gasteiger partial charge in [-0.25, -0.2) is 0 Å². The molecule has 0 radical (unpaired) electrons. The van der Waals surface area contributed by atoms with Crippen LogP contribution in [0.5, 0.6) is 0 Å². The Bertz CT molecular complexity index is 360. The quantitative estimate of drug-likeness (QED) is 0.648. The van der Waals surface area contributed by atoms with Gasteiger partial charge in [-0.2, -0.15) is 0 Å². The Hall–Kier alpha value is -0.860. The normalized spacial score (nSPS) is 11.5. The molecule has 0 spiro atoms. The first-order valence-corrected chi connectivity index (χ1v) is 8.09. The van der Waals surface area contributed by atoms with Crippen molar-refractivity contribution in [2.75, 3.05) is 20.1 Å². The molecule has 1 rings (SSSR count). The smallest absolute Gasteiger partial charge is 0.0230 e. The number of benzene rings is 1. The molecule has 114 valence electrons. The first-order chi connectivity index (χ1) is 9.61. The van der Waals surface area contributed by atoms with Crippen LogP contribution in [0.3, 0.4) is 0 Å². The summed E-state index contributed by atoms with van der Waals surface area (Å²) in [5.74, 6) is 0.711. The molecule has 0 aliphatic rings. The van der Waals surface area contributed by atoms with Gasteiger partial charge < -0.3 is 10.2 Å². The average Bonchev–Trinajstić information content (AvgIpc) is 2.39. The largest absolute Gasteiger partial charge is 0.312 e. The van der Waals surface area contributed by atoms with Gasteiger partial charge in [-0.3, -0.25) is 0 Å². The summed E-state index contributed by atoms with van der Waals surface area (Å²) >= 11 is 0. The van der Waals surface area contributed by atoms with Crippen LogP contribution >= 0.6 is 0 Å². The Morgan fingerprint density at radius 2 is 1.90 bits per heavy atom. The molecule has 0 saturated carbocycles. The highest BCUT2D eigenvalue weighted by molar-refractivity contribution is 5.23. The molecule has 2 heteroatoms. The van der Waals surface area contributed by atoms with Crippen LogP contribution in [0.2, 0.25) is 0 Å². The van der Waals surface area contributed by atoms with E-state index < -0.39 is 0 Å². The van der Waals surface area contributed by atoms with Crippen molar-refractivity contribution in [3.63, 3.8) is 0 Å². The van der Waals surface area contributed by atoms with Crippen molar-refractivity contribution in [1.82, 2.24) is 10.2 Å². The van der Waals surface area contributed by atoms with Crippen LogP contribution < -0.4 is 5.32 Å². The van der Waals surface area contributed by atoms with Crippen molar-refractivity contribution in [2.24, 2.45) is 5.92 Å². The molecular formula is C18H32N2. The van der Waals surface area contributed by atoms with E-state index in [4.69, 9.17) is 0 Å². The van der Waals surface area contributed by atoms with Gasteiger partial charge in [0.25, 0.3) is 0 Å². The van der Waals surface area contributed by atoms with E-state index in [0.29, 0.717) is 5.92 Å². The van der Waals surface area contributed by atoms with Crippen LogP contribution in [0, 0.1) is 5.92 Å². The molecule has 1 N–H and O–H groups in total. The van der Waals surface area contributed by atoms with E-state index >= 15 is 0 Å². The second-order valence-electron chi connectivity index (χ2n) is 6.29. The number of hydrogen-bond acceptors (Lipinski definition) is 2. The van der Waals surface area contributed by atoms with Gasteiger partial charge in [0.2, 0.25) is 0 Å². The van der Waals surface area contributed by atoms with Crippen LogP contribution in [0.25, 0.3) is 0 Å². The number of nitrogens with one attached hydrogen (secondary N) is 1. The molecule has 20 heavy (non-hydrogen) atoms. The molecule has 1 aromatic carbocycles. The molecule has 0 aliphatic carbocycles. The molecule has 0 aliphatic heterocycles. The SMILES string of the molecule is CCCCCN(C)Cc1cccc(CNCC(C)C)c1. The lowest BCUT2D eigenvalue weighted by atomic mass is 10.1. The summed E-state index contributed by atoms with van der Waals surface area (Å²) in [6.07, 6.45) is 3.94. The summed E-state index contributed by atoms with van der Waals surface area (Å²) in [5, 5.41) is 3.51. The van der Waals surface area contributed by atoms with Crippen molar-refractivity contribution < 1.29 is 0 Å². The van der Waals surface area contributed by atoms with E-state index in [9.17, 15) is 0 Å². The summed E-state index contributed by atoms with van der Waals surface area (Å²) in [7, 11) is 2.22. The average molecular weight is 276 g/mol. The molecule has 0 bridgehead atoms. The fourth-order valence-electron chi connectivity index (χ4n) is 2.37. The van der Waals surface area contributed by atoms with Gasteiger partial charge in [-0.1, -0.05) is 57.9 Å². The predicted molar refractivity (Wildman–Crippen MR) is 88.8 cm³/mol. The maximum Gasteiger partial charge on any atom is 0.0230 e. The summed E-state index contributed by atoms with van der Waals surface area (Å²) < 4.78 is 0. The fraction of sp³-hybridized carbons (Fsp3) is 0.667. The van der Waals surface area contributed by atoms with E-state index in [-0.39, 0.29) is 0 Å². The minimum Gasteiger partial charge on any atom is -0.312 e. The second-order valence-corrected chi connectivity index (χ2v) is 6.29. The Kier molecular flexibility index (Phi) is 8.56. The Labute approximate surface area is 125 Å². The highest BCUT2D eigenvalue weighted by atomic mass is 15.1. The molecule has 0 amide bonds. The van der Waals surface area contributed by atoms with Gasteiger partial charge in [0.05, 0.1) is 0 Å². The highest BCUT2D eigenvalue weighted by Crippen LogP contribution is 2.09. The number of nitrogens with zero attached hydrogens (tertiary/aromatic N) is 1. The van der Waals surface area contributed by atoms with E-state index in [1.54, 1.807) is 0 Å². The minimum atomic E-state index is 0.711. The maximum absolute atomic E-state index is 3.51. The molecular weight excluding hydrogens is 244 g/mol. The molecule has 2 nitrogen and oxygen atoms in total. The first kappa shape index (κ1) is 17.2. The third-order valence-corrected chi connectivity index (χ3v) is 3.47. The van der Waals surface area contributed by atoms with Crippen molar-refractivity contribution in [2.45, 2.75) is 53.1 Å². The lowest BCUT2D eigenvalue weighted by Crippen LogP contribution is -2.20. The van der Waals surface area contributed by atoms with Crippen molar-refractivity contribution in [3.8, 4) is 0 Å². The number of rotatable bonds is 10.